The fourth-order valence-electron chi connectivity index (χ4n) is 4.45. The summed E-state index contributed by atoms with van der Waals surface area (Å²) in [7, 11) is 2.19. The predicted molar refractivity (Wildman–Crippen MR) is 127 cm³/mol. The summed E-state index contributed by atoms with van der Waals surface area (Å²) in [5.41, 5.74) is -2.10. The number of likely N-dealkylation sites (N-methyl/N-ethyl adjacent to an activating group) is 1. The second kappa shape index (κ2) is 11.3. The van der Waals surface area contributed by atoms with Gasteiger partial charge < -0.3 is 24.6 Å². The number of carbonyl (C=O) groups excluding carboxylic acids is 1. The van der Waals surface area contributed by atoms with E-state index in [1.807, 2.05) is 0 Å². The number of aromatic nitrogens is 3. The summed E-state index contributed by atoms with van der Waals surface area (Å²) >= 11 is 5.89. The molecule has 1 aliphatic rings. The van der Waals surface area contributed by atoms with Crippen LogP contribution in [0, 0.1) is 17.5 Å². The molecule has 0 spiro atoms. The van der Waals surface area contributed by atoms with Crippen LogP contribution >= 0.6 is 11.6 Å². The first-order valence-corrected chi connectivity index (χ1v) is 11.8. The van der Waals surface area contributed by atoms with E-state index in [4.69, 9.17) is 21.1 Å². The Balaban J connectivity index is 1.72. The Labute approximate surface area is 227 Å². The number of hydrogen-bond donors (Lipinski definition) is 2. The van der Waals surface area contributed by atoms with Gasteiger partial charge in [0, 0.05) is 24.7 Å². The molecule has 216 valence electrons. The topological polar surface area (TPSA) is 110 Å². The lowest BCUT2D eigenvalue weighted by atomic mass is 9.91. The van der Waals surface area contributed by atoms with Crippen molar-refractivity contribution in [2.45, 2.75) is 36.6 Å². The minimum atomic E-state index is -4.84. The lowest BCUT2D eigenvalue weighted by molar-refractivity contribution is -0.211. The molecule has 3 aromatic rings. The highest BCUT2D eigenvalue weighted by Gasteiger charge is 2.51. The van der Waals surface area contributed by atoms with Crippen molar-refractivity contribution in [2.75, 3.05) is 25.7 Å². The van der Waals surface area contributed by atoms with Crippen molar-refractivity contribution in [3.05, 3.63) is 64.6 Å². The number of ether oxygens (including phenoxy) is 2. The number of aliphatic hydroxyl groups excluding tert-OH is 2. The summed E-state index contributed by atoms with van der Waals surface area (Å²) in [5.74, 6) is -5.71. The van der Waals surface area contributed by atoms with Crippen LogP contribution in [0.15, 0.2) is 36.5 Å². The molecule has 0 radical (unpaired) electrons. The average Bonchev–Trinajstić information content (AvgIpc) is 3.39. The number of amides is 1. The van der Waals surface area contributed by atoms with Crippen LogP contribution in [0.5, 0.6) is 0 Å². The van der Waals surface area contributed by atoms with Gasteiger partial charge in [-0.1, -0.05) is 16.8 Å². The fraction of sp³-hybridized carbons (Fsp3) is 0.375. The number of aliphatic hydroxyl groups is 2. The highest BCUT2D eigenvalue weighted by atomic mass is 35.5. The van der Waals surface area contributed by atoms with Crippen LogP contribution in [0.25, 0.3) is 11.3 Å². The summed E-state index contributed by atoms with van der Waals surface area (Å²) in [6.45, 7) is -0.817. The van der Waals surface area contributed by atoms with Gasteiger partial charge in [-0.25, -0.2) is 17.9 Å². The largest absolute Gasteiger partial charge is 0.418 e. The summed E-state index contributed by atoms with van der Waals surface area (Å²) in [4.78, 5) is 14.2. The van der Waals surface area contributed by atoms with E-state index >= 15 is 0 Å². The average molecular weight is 595 g/mol. The second-order valence-corrected chi connectivity index (χ2v) is 9.29. The molecule has 0 aliphatic carbocycles. The van der Waals surface area contributed by atoms with Crippen molar-refractivity contribution < 1.29 is 50.8 Å². The Bertz CT molecular complexity index is 1380. The Morgan fingerprint density at radius 3 is 2.42 bits per heavy atom. The minimum Gasteiger partial charge on any atom is -0.394 e. The summed E-state index contributed by atoms with van der Waals surface area (Å²) in [6, 6.07) is 2.66. The molecule has 4 rings (SSSR count). The lowest BCUT2D eigenvalue weighted by Gasteiger charge is -2.43. The number of carbonyl (C=O) groups is 1. The van der Waals surface area contributed by atoms with Gasteiger partial charge in [-0.2, -0.15) is 13.2 Å². The molecule has 2 heterocycles. The van der Waals surface area contributed by atoms with Gasteiger partial charge in [0.05, 0.1) is 24.1 Å². The van der Waals surface area contributed by atoms with Gasteiger partial charge in [-0.15, -0.1) is 5.10 Å². The number of alkyl halides is 3. The third-order valence-electron chi connectivity index (χ3n) is 6.44. The Kier molecular flexibility index (Phi) is 8.42. The van der Waals surface area contributed by atoms with E-state index in [0.29, 0.717) is 23.1 Å². The number of methoxy groups -OCH3 is 1. The van der Waals surface area contributed by atoms with Crippen LogP contribution in [0.4, 0.5) is 32.0 Å². The molecule has 5 atom stereocenters. The molecule has 1 fully saturated rings. The van der Waals surface area contributed by atoms with Crippen molar-refractivity contribution in [2.24, 2.45) is 0 Å². The SMILES string of the molecule is CO[C@@H]1[C@@H](n2cc(-c3cc(F)c(F)c(F)c3)nn2)[C@@H](O)[C@@H](CO)O[C@H]1C(=O)N(C)c1cc(Cl)ccc1C(F)(F)F. The Hall–Kier alpha value is -3.24. The van der Waals surface area contributed by atoms with Crippen molar-refractivity contribution in [1.29, 1.82) is 0 Å². The molecule has 1 saturated heterocycles. The molecular formula is C24H21ClF6N4O5. The summed E-state index contributed by atoms with van der Waals surface area (Å²) < 4.78 is 93.8. The smallest absolute Gasteiger partial charge is 0.394 e. The molecule has 9 nitrogen and oxygen atoms in total. The van der Waals surface area contributed by atoms with Gasteiger partial charge >= 0.3 is 6.18 Å². The number of halogens is 7. The number of nitrogens with zero attached hydrogens (tertiary/aromatic N) is 4. The van der Waals surface area contributed by atoms with Crippen LogP contribution in [0.3, 0.4) is 0 Å². The van der Waals surface area contributed by atoms with E-state index < -0.39 is 77.9 Å². The Morgan fingerprint density at radius 1 is 1.20 bits per heavy atom. The van der Waals surface area contributed by atoms with Gasteiger partial charge in [-0.3, -0.25) is 4.79 Å². The normalized spacial score (nSPS) is 23.3. The molecule has 40 heavy (non-hydrogen) atoms. The number of benzene rings is 2. The van der Waals surface area contributed by atoms with Crippen molar-refractivity contribution in [3.8, 4) is 11.3 Å². The standard InChI is InChI=1S/C24H21ClF6N4O5/c1-34(16-7-11(25)3-4-12(16)24(29,30)31)23(38)22-21(39-2)19(20(37)17(9-36)40-22)35-8-15(32-33-35)10-5-13(26)18(28)14(27)6-10/h3-8,17,19-22,36-37H,9H2,1-2H3/t17-,19+,20+,21-,22-/m1/s1. The van der Waals surface area contributed by atoms with Crippen molar-refractivity contribution in [1.82, 2.24) is 15.0 Å². The number of rotatable bonds is 6. The van der Waals surface area contributed by atoms with E-state index in [1.54, 1.807) is 0 Å². The summed E-state index contributed by atoms with van der Waals surface area (Å²) in [6.07, 6.45) is -9.86. The molecule has 0 bridgehead atoms. The second-order valence-electron chi connectivity index (χ2n) is 8.85. The molecule has 16 heteroatoms. The molecule has 1 amide bonds. The van der Waals surface area contributed by atoms with E-state index in [2.05, 4.69) is 10.3 Å². The van der Waals surface area contributed by atoms with Crippen molar-refractivity contribution >= 4 is 23.2 Å². The van der Waals surface area contributed by atoms with Crippen LogP contribution in [0.2, 0.25) is 5.02 Å². The minimum absolute atomic E-state index is 0.0825. The molecule has 0 saturated carbocycles. The van der Waals surface area contributed by atoms with Crippen LogP contribution in [-0.2, 0) is 20.4 Å². The van der Waals surface area contributed by atoms with E-state index in [-0.39, 0.29) is 16.3 Å². The zero-order valence-electron chi connectivity index (χ0n) is 20.6. The zero-order chi connectivity index (χ0) is 29.5. The first-order chi connectivity index (χ1) is 18.8. The highest BCUT2D eigenvalue weighted by Crippen LogP contribution is 2.39. The molecule has 1 aliphatic heterocycles. The predicted octanol–water partition coefficient (Wildman–Crippen LogP) is 3.37. The van der Waals surface area contributed by atoms with E-state index in [9.17, 15) is 41.4 Å². The molecule has 2 aromatic carbocycles. The van der Waals surface area contributed by atoms with Crippen LogP contribution in [-0.4, -0.2) is 76.3 Å². The summed E-state index contributed by atoms with van der Waals surface area (Å²) in [5, 5.41) is 28.3. The molecular weight excluding hydrogens is 574 g/mol. The molecule has 0 unspecified atom stereocenters. The van der Waals surface area contributed by atoms with E-state index in [0.717, 1.165) is 37.2 Å². The van der Waals surface area contributed by atoms with E-state index in [1.165, 1.54) is 0 Å². The highest BCUT2D eigenvalue weighted by molar-refractivity contribution is 6.31. The van der Waals surface area contributed by atoms with Gasteiger partial charge in [0.25, 0.3) is 5.91 Å². The maximum atomic E-state index is 13.8. The van der Waals surface area contributed by atoms with Crippen LogP contribution < -0.4 is 4.90 Å². The van der Waals surface area contributed by atoms with Gasteiger partial charge in [0.2, 0.25) is 0 Å². The Morgan fingerprint density at radius 2 is 1.85 bits per heavy atom. The molecule has 1 aromatic heterocycles. The van der Waals surface area contributed by atoms with Gasteiger partial charge in [-0.05, 0) is 30.3 Å². The fourth-order valence-corrected chi connectivity index (χ4v) is 4.62. The van der Waals surface area contributed by atoms with Gasteiger partial charge in [0.15, 0.2) is 23.6 Å². The maximum absolute atomic E-state index is 13.8. The lowest BCUT2D eigenvalue weighted by Crippen LogP contribution is -2.61. The number of hydrogen-bond acceptors (Lipinski definition) is 7. The zero-order valence-corrected chi connectivity index (χ0v) is 21.4. The quantitative estimate of drug-likeness (QED) is 0.333. The van der Waals surface area contributed by atoms with Gasteiger partial charge in [0.1, 0.15) is 30.0 Å². The third-order valence-corrected chi connectivity index (χ3v) is 6.67. The number of anilines is 1. The first kappa shape index (κ1) is 29.7. The van der Waals surface area contributed by atoms with Crippen molar-refractivity contribution in [3.63, 3.8) is 0 Å². The monoisotopic (exact) mass is 594 g/mol. The van der Waals surface area contributed by atoms with Crippen LogP contribution in [0.1, 0.15) is 11.6 Å². The first-order valence-electron chi connectivity index (χ1n) is 11.5. The third kappa shape index (κ3) is 5.51. The maximum Gasteiger partial charge on any atom is 0.418 e. The molecule has 2 N–H and O–H groups in total.